The van der Waals surface area contributed by atoms with Crippen LogP contribution >= 0.6 is 24.0 Å². The quantitative estimate of drug-likeness (QED) is 0.395. The standard InChI is InChI=1S/C21H28N2O2S2/c1-4-14-7-6-8-15(5-2)19(14)23-21(26)22-18(13-24)20(25)16-9-11-17(27-3)12-10-16/h6-12,18,20,24-25H,4-5,13H2,1-3H3,(H2,22,23,26). The van der Waals surface area contributed by atoms with Gasteiger partial charge < -0.3 is 20.8 Å². The van der Waals surface area contributed by atoms with E-state index < -0.39 is 12.1 Å². The Morgan fingerprint density at radius 3 is 2.15 bits per heavy atom. The molecule has 0 saturated carbocycles. The predicted molar refractivity (Wildman–Crippen MR) is 119 cm³/mol. The molecule has 0 saturated heterocycles. The van der Waals surface area contributed by atoms with Gasteiger partial charge >= 0.3 is 0 Å². The van der Waals surface area contributed by atoms with Crippen molar-refractivity contribution < 1.29 is 10.2 Å². The molecular formula is C21H28N2O2S2. The normalized spacial score (nSPS) is 13.1. The number of thiocarbonyl (C=S) groups is 1. The molecule has 2 aromatic carbocycles. The average molecular weight is 405 g/mol. The summed E-state index contributed by atoms with van der Waals surface area (Å²) in [5.74, 6) is 0. The van der Waals surface area contributed by atoms with Crippen molar-refractivity contribution >= 4 is 34.8 Å². The molecule has 2 aromatic rings. The molecule has 4 nitrogen and oxygen atoms in total. The molecule has 0 radical (unpaired) electrons. The predicted octanol–water partition coefficient (Wildman–Crippen LogP) is 3.91. The Kier molecular flexibility index (Phi) is 8.57. The van der Waals surface area contributed by atoms with E-state index in [0.29, 0.717) is 5.11 Å². The third kappa shape index (κ3) is 5.69. The summed E-state index contributed by atoms with van der Waals surface area (Å²) >= 11 is 7.10. The molecule has 0 aliphatic carbocycles. The highest BCUT2D eigenvalue weighted by Gasteiger charge is 2.21. The molecular weight excluding hydrogens is 376 g/mol. The highest BCUT2D eigenvalue weighted by Crippen LogP contribution is 2.24. The summed E-state index contributed by atoms with van der Waals surface area (Å²) in [5.41, 5.74) is 4.13. The van der Waals surface area contributed by atoms with Gasteiger partial charge in [0, 0.05) is 10.6 Å². The molecule has 0 aliphatic rings. The van der Waals surface area contributed by atoms with Gasteiger partial charge in [-0.1, -0.05) is 44.2 Å². The first kappa shape index (κ1) is 21.7. The summed E-state index contributed by atoms with van der Waals surface area (Å²) in [4.78, 5) is 1.12. The van der Waals surface area contributed by atoms with Gasteiger partial charge in [-0.15, -0.1) is 11.8 Å². The molecule has 0 heterocycles. The van der Waals surface area contributed by atoms with Gasteiger partial charge in [-0.25, -0.2) is 0 Å². The van der Waals surface area contributed by atoms with Crippen LogP contribution in [0.5, 0.6) is 0 Å². The number of nitrogens with one attached hydrogen (secondary N) is 2. The number of aliphatic hydroxyl groups excluding tert-OH is 2. The lowest BCUT2D eigenvalue weighted by Crippen LogP contribution is -2.44. The lowest BCUT2D eigenvalue weighted by Gasteiger charge is -2.25. The number of para-hydroxylation sites is 1. The van der Waals surface area contributed by atoms with Gasteiger partial charge in [0.05, 0.1) is 12.6 Å². The molecule has 2 rings (SSSR count). The Morgan fingerprint density at radius 2 is 1.67 bits per heavy atom. The zero-order valence-electron chi connectivity index (χ0n) is 16.0. The number of anilines is 1. The van der Waals surface area contributed by atoms with E-state index >= 15 is 0 Å². The third-order valence-corrected chi connectivity index (χ3v) is 5.55. The number of hydrogen-bond acceptors (Lipinski definition) is 4. The van der Waals surface area contributed by atoms with E-state index in [1.807, 2.05) is 30.5 Å². The molecule has 0 bridgehead atoms. The molecule has 4 N–H and O–H groups in total. The number of hydrogen-bond donors (Lipinski definition) is 4. The summed E-state index contributed by atoms with van der Waals surface area (Å²) < 4.78 is 0. The van der Waals surface area contributed by atoms with Crippen molar-refractivity contribution in [2.75, 3.05) is 18.2 Å². The molecule has 0 fully saturated rings. The minimum Gasteiger partial charge on any atom is -0.394 e. The molecule has 0 amide bonds. The van der Waals surface area contributed by atoms with Crippen LogP contribution in [0.2, 0.25) is 0 Å². The molecule has 146 valence electrons. The lowest BCUT2D eigenvalue weighted by molar-refractivity contribution is 0.100. The molecule has 2 atom stereocenters. The maximum absolute atomic E-state index is 10.6. The maximum atomic E-state index is 10.6. The zero-order valence-corrected chi connectivity index (χ0v) is 17.7. The fourth-order valence-electron chi connectivity index (χ4n) is 2.98. The third-order valence-electron chi connectivity index (χ3n) is 4.59. The summed E-state index contributed by atoms with van der Waals surface area (Å²) in [7, 11) is 0. The van der Waals surface area contributed by atoms with Crippen LogP contribution in [0.25, 0.3) is 0 Å². The van der Waals surface area contributed by atoms with Crippen LogP contribution in [0.4, 0.5) is 5.69 Å². The van der Waals surface area contributed by atoms with E-state index in [1.165, 1.54) is 11.1 Å². The molecule has 0 aromatic heterocycles. The summed E-state index contributed by atoms with van der Waals surface area (Å²) in [6, 6.07) is 13.3. The Morgan fingerprint density at radius 1 is 1.07 bits per heavy atom. The van der Waals surface area contributed by atoms with Crippen molar-refractivity contribution in [2.24, 2.45) is 0 Å². The summed E-state index contributed by atoms with van der Waals surface area (Å²) in [5, 5.41) is 27.1. The van der Waals surface area contributed by atoms with Crippen molar-refractivity contribution in [3.63, 3.8) is 0 Å². The largest absolute Gasteiger partial charge is 0.394 e. The Hall–Kier alpha value is -1.60. The van der Waals surface area contributed by atoms with Crippen molar-refractivity contribution in [1.82, 2.24) is 5.32 Å². The van der Waals surface area contributed by atoms with Gasteiger partial charge in [0.1, 0.15) is 6.10 Å². The monoisotopic (exact) mass is 404 g/mol. The van der Waals surface area contributed by atoms with Crippen LogP contribution in [0.3, 0.4) is 0 Å². The minimum atomic E-state index is -0.863. The van der Waals surface area contributed by atoms with E-state index in [-0.39, 0.29) is 6.61 Å². The van der Waals surface area contributed by atoms with Crippen LogP contribution in [0, 0.1) is 0 Å². The topological polar surface area (TPSA) is 64.5 Å². The van der Waals surface area contributed by atoms with Crippen molar-refractivity contribution in [1.29, 1.82) is 0 Å². The van der Waals surface area contributed by atoms with Crippen LogP contribution < -0.4 is 10.6 Å². The van der Waals surface area contributed by atoms with Gasteiger partial charge in [0.15, 0.2) is 5.11 Å². The minimum absolute atomic E-state index is 0.233. The first-order valence-corrected chi connectivity index (χ1v) is 10.8. The van der Waals surface area contributed by atoms with Gasteiger partial charge in [-0.2, -0.15) is 0 Å². The second-order valence-corrected chi connectivity index (χ2v) is 7.55. The maximum Gasteiger partial charge on any atom is 0.171 e. The SMILES string of the molecule is CCc1cccc(CC)c1NC(=S)NC(CO)C(O)c1ccc(SC)cc1. The Labute approximate surface area is 171 Å². The lowest BCUT2D eigenvalue weighted by atomic mass is 10.0. The second-order valence-electron chi connectivity index (χ2n) is 6.26. The van der Waals surface area contributed by atoms with Gasteiger partial charge in [0.25, 0.3) is 0 Å². The number of benzene rings is 2. The first-order valence-electron chi connectivity index (χ1n) is 9.15. The molecule has 27 heavy (non-hydrogen) atoms. The van der Waals surface area contributed by atoms with Crippen LogP contribution in [0.15, 0.2) is 47.4 Å². The fourth-order valence-corrected chi connectivity index (χ4v) is 3.64. The zero-order chi connectivity index (χ0) is 19.8. The first-order chi connectivity index (χ1) is 13.0. The summed E-state index contributed by atoms with van der Waals surface area (Å²) in [6.45, 7) is 3.98. The molecule has 2 unspecified atom stereocenters. The van der Waals surface area contributed by atoms with Crippen molar-refractivity contribution in [3.05, 3.63) is 59.2 Å². The van der Waals surface area contributed by atoms with Crippen molar-refractivity contribution in [2.45, 2.75) is 43.7 Å². The number of aryl methyl sites for hydroxylation is 2. The van der Waals surface area contributed by atoms with E-state index in [9.17, 15) is 10.2 Å². The van der Waals surface area contributed by atoms with Crippen LogP contribution in [-0.2, 0) is 12.8 Å². The van der Waals surface area contributed by atoms with Gasteiger partial charge in [0.2, 0.25) is 0 Å². The van der Waals surface area contributed by atoms with E-state index in [0.717, 1.165) is 29.0 Å². The average Bonchev–Trinajstić information content (AvgIpc) is 2.71. The van der Waals surface area contributed by atoms with E-state index in [1.54, 1.807) is 11.8 Å². The second kappa shape index (κ2) is 10.7. The van der Waals surface area contributed by atoms with Crippen LogP contribution in [-0.4, -0.2) is 34.2 Å². The highest BCUT2D eigenvalue weighted by molar-refractivity contribution is 7.98. The smallest absolute Gasteiger partial charge is 0.171 e. The Bertz CT molecular complexity index is 728. The molecule has 6 heteroatoms. The van der Waals surface area contributed by atoms with Crippen molar-refractivity contribution in [3.8, 4) is 0 Å². The Balaban J connectivity index is 2.10. The number of aliphatic hydroxyl groups is 2. The molecule has 0 aliphatic heterocycles. The number of thioether (sulfide) groups is 1. The van der Waals surface area contributed by atoms with E-state index in [4.69, 9.17) is 12.2 Å². The fraction of sp³-hybridized carbons (Fsp3) is 0.381. The highest BCUT2D eigenvalue weighted by atomic mass is 32.2. The van der Waals surface area contributed by atoms with Crippen LogP contribution in [0.1, 0.15) is 36.6 Å². The summed E-state index contributed by atoms with van der Waals surface area (Å²) in [6.07, 6.45) is 2.93. The molecule has 0 spiro atoms. The number of rotatable bonds is 8. The van der Waals surface area contributed by atoms with E-state index in [2.05, 4.69) is 42.7 Å². The van der Waals surface area contributed by atoms with Gasteiger partial charge in [-0.3, -0.25) is 0 Å². The van der Waals surface area contributed by atoms with Gasteiger partial charge in [-0.05, 0) is 60.1 Å².